The van der Waals surface area contributed by atoms with Crippen LogP contribution in [0.4, 0.5) is 27.6 Å². The van der Waals surface area contributed by atoms with Gasteiger partial charge in [-0.05, 0) is 18.2 Å². The molecule has 1 amide bonds. The van der Waals surface area contributed by atoms with Crippen molar-refractivity contribution < 1.29 is 31.5 Å². The molecule has 1 aliphatic rings. The van der Waals surface area contributed by atoms with Gasteiger partial charge < -0.3 is 15.8 Å². The minimum absolute atomic E-state index is 0.123. The smallest absolute Gasteiger partial charge is 0.297 e. The summed E-state index contributed by atoms with van der Waals surface area (Å²) in [7, 11) is 0. The van der Waals surface area contributed by atoms with Gasteiger partial charge in [0.05, 0.1) is 6.20 Å². The first-order valence-corrected chi connectivity index (χ1v) is 8.87. The number of anilines is 1. The minimum Gasteiger partial charge on any atom is -0.386 e. The normalized spacial score (nSPS) is 17.8. The van der Waals surface area contributed by atoms with E-state index in [2.05, 4.69) is 15.3 Å². The standard InChI is InChI=1S/C17H13F5N4O2.C2H6/c18-8-3-12(20)14(24-5-8)16(27)25-9-1-2-11(19)10(4-9)15-17(21,22)7-28-6-13(23)26-15;1-2/h1-5,15H,6-7H2,(H2,23,26)(H,25,27);1-2H3. The lowest BCUT2D eigenvalue weighted by atomic mass is 10.00. The van der Waals surface area contributed by atoms with Crippen LogP contribution in [0.1, 0.15) is 35.9 Å². The number of amides is 1. The number of pyridine rings is 1. The SMILES string of the molecule is CC.NC1=NC(c2cc(NC(=O)c3ncc(F)cc3F)ccc2F)C(F)(F)COC1. The Balaban J connectivity index is 0.00000155. The Morgan fingerprint density at radius 3 is 2.57 bits per heavy atom. The predicted molar refractivity (Wildman–Crippen MR) is 100.0 cm³/mol. The molecule has 3 N–H and O–H groups in total. The molecule has 0 spiro atoms. The molecular formula is C19H19F5N4O2. The van der Waals surface area contributed by atoms with E-state index in [9.17, 15) is 26.7 Å². The summed E-state index contributed by atoms with van der Waals surface area (Å²) in [5.74, 6) is -8.08. The van der Waals surface area contributed by atoms with Gasteiger partial charge >= 0.3 is 0 Å². The third kappa shape index (κ3) is 5.29. The molecule has 0 radical (unpaired) electrons. The summed E-state index contributed by atoms with van der Waals surface area (Å²) in [5.41, 5.74) is 4.09. The number of amidine groups is 1. The van der Waals surface area contributed by atoms with Crippen LogP contribution in [0.5, 0.6) is 0 Å². The zero-order valence-electron chi connectivity index (χ0n) is 16.1. The molecule has 2 aromatic rings. The monoisotopic (exact) mass is 430 g/mol. The summed E-state index contributed by atoms with van der Waals surface area (Å²) >= 11 is 0. The molecular weight excluding hydrogens is 411 g/mol. The maximum Gasteiger partial charge on any atom is 0.297 e. The van der Waals surface area contributed by atoms with Crippen LogP contribution in [-0.4, -0.2) is 35.9 Å². The average Bonchev–Trinajstić information content (AvgIpc) is 2.82. The lowest BCUT2D eigenvalue weighted by Crippen LogP contribution is -2.30. The fourth-order valence-corrected chi connectivity index (χ4v) is 2.57. The number of ether oxygens (including phenoxy) is 1. The number of nitrogens with two attached hydrogens (primary N) is 1. The molecule has 11 heteroatoms. The molecule has 0 saturated heterocycles. The van der Waals surface area contributed by atoms with E-state index in [0.717, 1.165) is 18.2 Å². The van der Waals surface area contributed by atoms with Crippen LogP contribution in [0, 0.1) is 17.5 Å². The van der Waals surface area contributed by atoms with E-state index in [1.165, 1.54) is 0 Å². The number of hydrogen-bond acceptors (Lipinski definition) is 5. The van der Waals surface area contributed by atoms with E-state index >= 15 is 0 Å². The number of rotatable bonds is 3. The zero-order valence-corrected chi connectivity index (χ0v) is 16.1. The van der Waals surface area contributed by atoms with Crippen molar-refractivity contribution in [3.63, 3.8) is 0 Å². The first-order valence-electron chi connectivity index (χ1n) is 8.87. The molecule has 0 fully saturated rings. The molecule has 6 nitrogen and oxygen atoms in total. The van der Waals surface area contributed by atoms with Crippen molar-refractivity contribution in [1.29, 1.82) is 0 Å². The zero-order chi connectivity index (χ0) is 22.5. The second kappa shape index (κ2) is 9.61. The van der Waals surface area contributed by atoms with Crippen molar-refractivity contribution >= 4 is 17.4 Å². The van der Waals surface area contributed by atoms with Crippen LogP contribution in [0.25, 0.3) is 0 Å². The van der Waals surface area contributed by atoms with Crippen LogP contribution in [-0.2, 0) is 4.74 Å². The Morgan fingerprint density at radius 1 is 1.20 bits per heavy atom. The van der Waals surface area contributed by atoms with E-state index in [4.69, 9.17) is 10.5 Å². The maximum atomic E-state index is 14.3. The second-order valence-corrected chi connectivity index (χ2v) is 5.95. The Morgan fingerprint density at radius 2 is 1.90 bits per heavy atom. The van der Waals surface area contributed by atoms with Crippen molar-refractivity contribution in [2.24, 2.45) is 10.7 Å². The Hall–Kier alpha value is -3.08. The van der Waals surface area contributed by atoms with Crippen LogP contribution >= 0.6 is 0 Å². The Kier molecular flexibility index (Phi) is 7.43. The minimum atomic E-state index is -3.56. The van der Waals surface area contributed by atoms with Gasteiger partial charge in [0.15, 0.2) is 11.5 Å². The summed E-state index contributed by atoms with van der Waals surface area (Å²) < 4.78 is 74.0. The topological polar surface area (TPSA) is 89.6 Å². The number of aromatic nitrogens is 1. The molecule has 1 unspecified atom stereocenters. The van der Waals surface area contributed by atoms with Crippen molar-refractivity contribution in [3.05, 3.63) is 59.2 Å². The summed E-state index contributed by atoms with van der Waals surface area (Å²) in [6, 6.07) is 1.33. The summed E-state index contributed by atoms with van der Waals surface area (Å²) in [4.78, 5) is 19.1. The molecule has 1 atom stereocenters. The largest absolute Gasteiger partial charge is 0.386 e. The van der Waals surface area contributed by atoms with Gasteiger partial charge in [-0.3, -0.25) is 9.79 Å². The van der Waals surface area contributed by atoms with Crippen molar-refractivity contribution in [1.82, 2.24) is 4.98 Å². The highest BCUT2D eigenvalue weighted by molar-refractivity contribution is 6.03. The number of carbonyl (C=O) groups excluding carboxylic acids is 1. The van der Waals surface area contributed by atoms with Gasteiger partial charge in [-0.2, -0.15) is 0 Å². The average molecular weight is 430 g/mol. The first kappa shape index (κ1) is 23.2. The van der Waals surface area contributed by atoms with E-state index in [-0.39, 0.29) is 18.1 Å². The van der Waals surface area contributed by atoms with Gasteiger partial charge in [-0.25, -0.2) is 26.9 Å². The van der Waals surface area contributed by atoms with Gasteiger partial charge in [0.1, 0.15) is 36.7 Å². The second-order valence-electron chi connectivity index (χ2n) is 5.95. The van der Waals surface area contributed by atoms with E-state index in [0.29, 0.717) is 12.3 Å². The van der Waals surface area contributed by atoms with Gasteiger partial charge in [-0.1, -0.05) is 13.8 Å². The quantitative estimate of drug-likeness (QED) is 0.724. The third-order valence-electron chi connectivity index (χ3n) is 3.81. The van der Waals surface area contributed by atoms with Crippen LogP contribution in [0.3, 0.4) is 0 Å². The third-order valence-corrected chi connectivity index (χ3v) is 3.81. The van der Waals surface area contributed by atoms with Gasteiger partial charge in [0.25, 0.3) is 11.8 Å². The molecule has 30 heavy (non-hydrogen) atoms. The lowest BCUT2D eigenvalue weighted by Gasteiger charge is -2.22. The summed E-state index contributed by atoms with van der Waals surface area (Å²) in [6.45, 7) is 2.64. The van der Waals surface area contributed by atoms with Crippen LogP contribution in [0.15, 0.2) is 35.5 Å². The molecule has 162 valence electrons. The molecule has 1 aromatic heterocycles. The van der Waals surface area contributed by atoms with E-state index in [1.807, 2.05) is 13.8 Å². The van der Waals surface area contributed by atoms with Gasteiger partial charge in [-0.15, -0.1) is 0 Å². The number of nitrogens with zero attached hydrogens (tertiary/aromatic N) is 2. The number of hydrogen-bond donors (Lipinski definition) is 2. The highest BCUT2D eigenvalue weighted by atomic mass is 19.3. The first-order chi connectivity index (χ1) is 14.2. The van der Waals surface area contributed by atoms with Crippen molar-refractivity contribution in [2.45, 2.75) is 25.8 Å². The number of alkyl halides is 2. The van der Waals surface area contributed by atoms with E-state index < -0.39 is 53.2 Å². The molecule has 0 bridgehead atoms. The Labute approximate surface area is 169 Å². The molecule has 1 aliphatic heterocycles. The summed E-state index contributed by atoms with van der Waals surface area (Å²) in [6.07, 6.45) is 0.637. The fourth-order valence-electron chi connectivity index (χ4n) is 2.57. The fraction of sp³-hybridized carbons (Fsp3) is 0.316. The van der Waals surface area contributed by atoms with Crippen molar-refractivity contribution in [2.75, 3.05) is 18.5 Å². The van der Waals surface area contributed by atoms with Crippen LogP contribution in [0.2, 0.25) is 0 Å². The summed E-state index contributed by atoms with van der Waals surface area (Å²) in [5, 5.41) is 2.19. The lowest BCUT2D eigenvalue weighted by molar-refractivity contribution is -0.0831. The van der Waals surface area contributed by atoms with Crippen LogP contribution < -0.4 is 11.1 Å². The molecule has 0 aliphatic carbocycles. The van der Waals surface area contributed by atoms with E-state index in [1.54, 1.807) is 0 Å². The maximum absolute atomic E-state index is 14.3. The molecule has 0 saturated carbocycles. The molecule has 3 rings (SSSR count). The number of nitrogens with one attached hydrogen (secondary N) is 1. The number of carbonyl (C=O) groups is 1. The predicted octanol–water partition coefficient (Wildman–Crippen LogP) is 3.84. The molecule has 2 heterocycles. The number of benzene rings is 1. The number of halogens is 5. The van der Waals surface area contributed by atoms with Crippen molar-refractivity contribution in [3.8, 4) is 0 Å². The molecule has 1 aromatic carbocycles. The highest BCUT2D eigenvalue weighted by Gasteiger charge is 2.44. The van der Waals surface area contributed by atoms with Gasteiger partial charge in [0.2, 0.25) is 0 Å². The number of aliphatic imine (C=N–C) groups is 1. The highest BCUT2D eigenvalue weighted by Crippen LogP contribution is 2.38. The Bertz CT molecular complexity index is 953. The van der Waals surface area contributed by atoms with Gasteiger partial charge in [0, 0.05) is 17.3 Å².